The van der Waals surface area contributed by atoms with Gasteiger partial charge in [-0.05, 0) is 29.3 Å². The van der Waals surface area contributed by atoms with E-state index in [9.17, 15) is 0 Å². The molecular weight excluding hydrogens is 136 g/mol. The van der Waals surface area contributed by atoms with E-state index in [-0.39, 0.29) is 0 Å². The van der Waals surface area contributed by atoms with Crippen LogP contribution >= 0.6 is 0 Å². The van der Waals surface area contributed by atoms with Crippen LogP contribution in [0.25, 0.3) is 11.1 Å². The average molecular weight is 144 g/mol. The standard InChI is InChI=1S/C9H8N2/c1-4-10-5-2-8(1)9-3-6-11-7-9/h1-7,11H. The largest absolute Gasteiger partial charge is 0.367 e. The first-order valence-corrected chi connectivity index (χ1v) is 3.50. The Balaban J connectivity index is 2.46. The van der Waals surface area contributed by atoms with Crippen molar-refractivity contribution in [2.24, 2.45) is 0 Å². The van der Waals surface area contributed by atoms with E-state index in [1.54, 1.807) is 12.4 Å². The van der Waals surface area contributed by atoms with Gasteiger partial charge in [0.15, 0.2) is 0 Å². The molecule has 0 saturated heterocycles. The third-order valence-corrected chi connectivity index (χ3v) is 1.61. The highest BCUT2D eigenvalue weighted by Crippen LogP contribution is 2.15. The molecule has 0 fully saturated rings. The molecule has 1 N–H and O–H groups in total. The highest BCUT2D eigenvalue weighted by Gasteiger charge is 1.93. The first-order chi connectivity index (χ1) is 5.47. The van der Waals surface area contributed by atoms with Gasteiger partial charge in [0.1, 0.15) is 0 Å². The molecule has 2 aromatic rings. The molecule has 0 aliphatic rings. The van der Waals surface area contributed by atoms with Crippen molar-refractivity contribution >= 4 is 0 Å². The Labute approximate surface area is 64.9 Å². The fourth-order valence-corrected chi connectivity index (χ4v) is 1.05. The van der Waals surface area contributed by atoms with Crippen molar-refractivity contribution in [3.05, 3.63) is 43.0 Å². The minimum atomic E-state index is 1.20. The zero-order chi connectivity index (χ0) is 7.52. The maximum Gasteiger partial charge on any atom is 0.0273 e. The van der Waals surface area contributed by atoms with E-state index in [0.717, 1.165) is 0 Å². The predicted octanol–water partition coefficient (Wildman–Crippen LogP) is 2.08. The Morgan fingerprint density at radius 3 is 2.45 bits per heavy atom. The number of nitrogens with one attached hydrogen (secondary N) is 1. The van der Waals surface area contributed by atoms with E-state index in [2.05, 4.69) is 9.97 Å². The number of nitrogens with zero attached hydrogens (tertiary/aromatic N) is 1. The lowest BCUT2D eigenvalue weighted by Gasteiger charge is -1.93. The lowest BCUT2D eigenvalue weighted by Crippen LogP contribution is -1.73. The second kappa shape index (κ2) is 2.58. The SMILES string of the molecule is c1cc(-c2cc[nH]c2)ccn1. The van der Waals surface area contributed by atoms with Crippen LogP contribution in [-0.4, -0.2) is 9.97 Å². The van der Waals surface area contributed by atoms with Gasteiger partial charge < -0.3 is 4.98 Å². The Kier molecular flexibility index (Phi) is 1.44. The lowest BCUT2D eigenvalue weighted by molar-refractivity contribution is 1.33. The molecule has 0 bridgehead atoms. The molecule has 0 radical (unpaired) electrons. The van der Waals surface area contributed by atoms with Crippen molar-refractivity contribution in [3.63, 3.8) is 0 Å². The van der Waals surface area contributed by atoms with Gasteiger partial charge in [-0.3, -0.25) is 4.98 Å². The fraction of sp³-hybridized carbons (Fsp3) is 0. The maximum atomic E-state index is 3.95. The first-order valence-electron chi connectivity index (χ1n) is 3.50. The van der Waals surface area contributed by atoms with Crippen molar-refractivity contribution in [2.45, 2.75) is 0 Å². The molecule has 0 aliphatic heterocycles. The van der Waals surface area contributed by atoms with Gasteiger partial charge in [0, 0.05) is 24.8 Å². The van der Waals surface area contributed by atoms with Crippen molar-refractivity contribution < 1.29 is 0 Å². The summed E-state index contributed by atoms with van der Waals surface area (Å²) in [6, 6.07) is 6.02. The summed E-state index contributed by atoms with van der Waals surface area (Å²) in [5, 5.41) is 0. The van der Waals surface area contributed by atoms with Gasteiger partial charge in [0.2, 0.25) is 0 Å². The topological polar surface area (TPSA) is 28.7 Å². The second-order valence-corrected chi connectivity index (χ2v) is 2.34. The zero-order valence-corrected chi connectivity index (χ0v) is 5.99. The molecule has 11 heavy (non-hydrogen) atoms. The maximum absolute atomic E-state index is 3.95. The summed E-state index contributed by atoms with van der Waals surface area (Å²) >= 11 is 0. The van der Waals surface area contributed by atoms with Crippen LogP contribution in [0.2, 0.25) is 0 Å². The monoisotopic (exact) mass is 144 g/mol. The number of pyridine rings is 1. The molecule has 2 nitrogen and oxygen atoms in total. The van der Waals surface area contributed by atoms with E-state index < -0.39 is 0 Å². The Morgan fingerprint density at radius 2 is 1.82 bits per heavy atom. The normalized spacial score (nSPS) is 9.82. The molecule has 0 aromatic carbocycles. The van der Waals surface area contributed by atoms with Crippen LogP contribution < -0.4 is 0 Å². The van der Waals surface area contributed by atoms with Gasteiger partial charge >= 0.3 is 0 Å². The minimum absolute atomic E-state index is 1.20. The second-order valence-electron chi connectivity index (χ2n) is 2.34. The Morgan fingerprint density at radius 1 is 1.00 bits per heavy atom. The summed E-state index contributed by atoms with van der Waals surface area (Å²) < 4.78 is 0. The van der Waals surface area contributed by atoms with Crippen molar-refractivity contribution in [1.29, 1.82) is 0 Å². The number of hydrogen-bond acceptors (Lipinski definition) is 1. The van der Waals surface area contributed by atoms with Crippen LogP contribution in [0.3, 0.4) is 0 Å². The van der Waals surface area contributed by atoms with Crippen molar-refractivity contribution in [1.82, 2.24) is 9.97 Å². The molecule has 0 unspecified atom stereocenters. The third kappa shape index (κ3) is 1.15. The molecule has 0 aliphatic carbocycles. The van der Waals surface area contributed by atoms with Crippen molar-refractivity contribution in [2.75, 3.05) is 0 Å². The highest BCUT2D eigenvalue weighted by atomic mass is 14.6. The van der Waals surface area contributed by atoms with Gasteiger partial charge in [0.25, 0.3) is 0 Å². The number of aromatic amines is 1. The first kappa shape index (κ1) is 6.16. The molecular formula is C9H8N2. The summed E-state index contributed by atoms with van der Waals surface area (Å²) in [6.07, 6.45) is 7.47. The number of aromatic nitrogens is 2. The van der Waals surface area contributed by atoms with Crippen LogP contribution in [0, 0.1) is 0 Å². The van der Waals surface area contributed by atoms with E-state index in [4.69, 9.17) is 0 Å². The van der Waals surface area contributed by atoms with Gasteiger partial charge in [-0.2, -0.15) is 0 Å². The highest BCUT2D eigenvalue weighted by molar-refractivity contribution is 5.61. The van der Waals surface area contributed by atoms with E-state index in [0.29, 0.717) is 0 Å². The predicted molar refractivity (Wildman–Crippen MR) is 44.0 cm³/mol. The minimum Gasteiger partial charge on any atom is -0.367 e. The molecule has 2 rings (SSSR count). The molecule has 2 aromatic heterocycles. The quantitative estimate of drug-likeness (QED) is 0.652. The molecule has 0 atom stereocenters. The molecule has 2 heterocycles. The van der Waals surface area contributed by atoms with Crippen LogP contribution in [-0.2, 0) is 0 Å². The number of hydrogen-bond donors (Lipinski definition) is 1. The summed E-state index contributed by atoms with van der Waals surface area (Å²) in [5.41, 5.74) is 2.40. The van der Waals surface area contributed by atoms with E-state index in [1.807, 2.05) is 30.6 Å². The van der Waals surface area contributed by atoms with Gasteiger partial charge in [-0.15, -0.1) is 0 Å². The van der Waals surface area contributed by atoms with Crippen LogP contribution in [0.1, 0.15) is 0 Å². The van der Waals surface area contributed by atoms with Gasteiger partial charge in [-0.25, -0.2) is 0 Å². The lowest BCUT2D eigenvalue weighted by atomic mass is 10.1. The number of H-pyrrole nitrogens is 1. The Bertz CT molecular complexity index is 311. The molecule has 0 amide bonds. The summed E-state index contributed by atoms with van der Waals surface area (Å²) in [7, 11) is 0. The van der Waals surface area contributed by atoms with Crippen LogP contribution in [0.5, 0.6) is 0 Å². The summed E-state index contributed by atoms with van der Waals surface area (Å²) in [4.78, 5) is 6.95. The summed E-state index contributed by atoms with van der Waals surface area (Å²) in [5.74, 6) is 0. The summed E-state index contributed by atoms with van der Waals surface area (Å²) in [6.45, 7) is 0. The average Bonchev–Trinajstić information content (AvgIpc) is 2.58. The fourth-order valence-electron chi connectivity index (χ4n) is 1.05. The number of rotatable bonds is 1. The van der Waals surface area contributed by atoms with Gasteiger partial charge in [-0.1, -0.05) is 0 Å². The van der Waals surface area contributed by atoms with E-state index in [1.165, 1.54) is 11.1 Å². The Hall–Kier alpha value is -1.57. The van der Waals surface area contributed by atoms with Crippen molar-refractivity contribution in [3.8, 4) is 11.1 Å². The molecule has 0 saturated carbocycles. The molecule has 0 spiro atoms. The van der Waals surface area contributed by atoms with Gasteiger partial charge in [0.05, 0.1) is 0 Å². The zero-order valence-electron chi connectivity index (χ0n) is 5.99. The van der Waals surface area contributed by atoms with Crippen LogP contribution in [0.15, 0.2) is 43.0 Å². The molecule has 54 valence electrons. The molecule has 2 heteroatoms. The van der Waals surface area contributed by atoms with E-state index >= 15 is 0 Å². The smallest absolute Gasteiger partial charge is 0.0273 e. The third-order valence-electron chi connectivity index (χ3n) is 1.61. The van der Waals surface area contributed by atoms with Crippen LogP contribution in [0.4, 0.5) is 0 Å².